The first kappa shape index (κ1) is 17.7. The number of hydrogen-bond donors (Lipinski definition) is 1. The minimum atomic E-state index is -0.160. The first-order valence-electron chi connectivity index (χ1n) is 9.01. The zero-order valence-electron chi connectivity index (χ0n) is 15.4. The van der Waals surface area contributed by atoms with Crippen LogP contribution in [0.1, 0.15) is 22.6 Å². The molecule has 142 valence electrons. The van der Waals surface area contributed by atoms with E-state index in [4.69, 9.17) is 4.74 Å². The summed E-state index contributed by atoms with van der Waals surface area (Å²) in [5.74, 6) is 1.42. The lowest BCUT2D eigenvalue weighted by atomic mass is 10.2. The van der Waals surface area contributed by atoms with E-state index in [1.807, 2.05) is 53.1 Å². The minimum Gasteiger partial charge on any atom is -0.494 e. The van der Waals surface area contributed by atoms with Crippen molar-refractivity contribution in [1.82, 2.24) is 29.7 Å². The Balaban J connectivity index is 1.34. The van der Waals surface area contributed by atoms with Crippen LogP contribution >= 0.6 is 0 Å². The molecule has 0 radical (unpaired) electrons. The van der Waals surface area contributed by atoms with Crippen LogP contribution in [0.15, 0.2) is 61.1 Å². The van der Waals surface area contributed by atoms with Crippen LogP contribution in [0.3, 0.4) is 0 Å². The highest BCUT2D eigenvalue weighted by Crippen LogP contribution is 2.21. The number of carbonyl (C=O) groups is 1. The fourth-order valence-electron chi connectivity index (χ4n) is 3.00. The predicted octanol–water partition coefficient (Wildman–Crippen LogP) is 2.29. The Morgan fingerprint density at radius 3 is 2.89 bits per heavy atom. The summed E-state index contributed by atoms with van der Waals surface area (Å²) in [4.78, 5) is 12.4. The number of hydrogen-bond acceptors (Lipinski definition) is 5. The maximum Gasteiger partial charge on any atom is 0.254 e. The Labute approximate surface area is 161 Å². The number of amides is 1. The van der Waals surface area contributed by atoms with Crippen molar-refractivity contribution in [3.05, 3.63) is 72.4 Å². The molecule has 3 aromatic heterocycles. The standard InChI is InChI=1S/C20H20N6O2/c1-28-17-8-3-2-7-16(17)26-14-15(13-22-26)20(27)21-11-6-10-19-24-23-18-9-4-5-12-25(18)19/h2-5,7-9,12-14H,6,10-11H2,1H3,(H,21,27). The molecule has 4 rings (SSSR count). The van der Waals surface area contributed by atoms with Crippen molar-refractivity contribution in [2.24, 2.45) is 0 Å². The van der Waals surface area contributed by atoms with Gasteiger partial charge in [0.1, 0.15) is 17.3 Å². The zero-order chi connectivity index (χ0) is 19.3. The molecule has 0 unspecified atom stereocenters. The second-order valence-corrected chi connectivity index (χ2v) is 6.25. The summed E-state index contributed by atoms with van der Waals surface area (Å²) in [6.07, 6.45) is 6.68. The minimum absolute atomic E-state index is 0.160. The van der Waals surface area contributed by atoms with Crippen molar-refractivity contribution in [2.75, 3.05) is 13.7 Å². The van der Waals surface area contributed by atoms with Crippen LogP contribution < -0.4 is 10.1 Å². The largest absolute Gasteiger partial charge is 0.494 e. The molecule has 0 bridgehead atoms. The lowest BCUT2D eigenvalue weighted by Gasteiger charge is -2.07. The second kappa shape index (κ2) is 7.91. The highest BCUT2D eigenvalue weighted by molar-refractivity contribution is 5.93. The van der Waals surface area contributed by atoms with Crippen molar-refractivity contribution < 1.29 is 9.53 Å². The maximum absolute atomic E-state index is 12.4. The topological polar surface area (TPSA) is 86.3 Å². The van der Waals surface area contributed by atoms with Crippen molar-refractivity contribution in [1.29, 1.82) is 0 Å². The first-order valence-corrected chi connectivity index (χ1v) is 9.01. The van der Waals surface area contributed by atoms with Crippen molar-refractivity contribution in [2.45, 2.75) is 12.8 Å². The third kappa shape index (κ3) is 3.57. The number of nitrogens with zero attached hydrogens (tertiary/aromatic N) is 5. The molecule has 1 amide bonds. The molecule has 0 saturated heterocycles. The van der Waals surface area contributed by atoms with Gasteiger partial charge >= 0.3 is 0 Å². The van der Waals surface area contributed by atoms with E-state index in [0.29, 0.717) is 17.9 Å². The number of pyridine rings is 1. The molecule has 8 nitrogen and oxygen atoms in total. The monoisotopic (exact) mass is 376 g/mol. The molecule has 3 heterocycles. The average molecular weight is 376 g/mol. The highest BCUT2D eigenvalue weighted by Gasteiger charge is 2.11. The van der Waals surface area contributed by atoms with E-state index >= 15 is 0 Å². The van der Waals surface area contributed by atoms with E-state index in [1.165, 1.54) is 0 Å². The number of benzene rings is 1. The summed E-state index contributed by atoms with van der Waals surface area (Å²) < 4.78 is 8.93. The van der Waals surface area contributed by atoms with Crippen molar-refractivity contribution >= 4 is 11.6 Å². The second-order valence-electron chi connectivity index (χ2n) is 6.25. The molecule has 1 aromatic carbocycles. The SMILES string of the molecule is COc1ccccc1-n1cc(C(=O)NCCCc2nnc3ccccn23)cn1. The Morgan fingerprint density at radius 2 is 2.00 bits per heavy atom. The van der Waals surface area contributed by atoms with Gasteiger partial charge < -0.3 is 10.1 Å². The number of methoxy groups -OCH3 is 1. The van der Waals surface area contributed by atoms with E-state index in [-0.39, 0.29) is 5.91 Å². The number of rotatable bonds is 7. The molecule has 0 aliphatic carbocycles. The molecule has 8 heteroatoms. The Bertz CT molecular complexity index is 1100. The molecule has 0 saturated carbocycles. The third-order valence-electron chi connectivity index (χ3n) is 4.42. The van der Waals surface area contributed by atoms with Gasteiger partial charge in [0.25, 0.3) is 5.91 Å². The number of para-hydroxylation sites is 2. The Kier molecular flexibility index (Phi) is 5.01. The molecule has 0 fully saturated rings. The lowest BCUT2D eigenvalue weighted by molar-refractivity contribution is 0.0953. The number of fused-ring (bicyclic) bond motifs is 1. The number of ether oxygens (including phenoxy) is 1. The van der Waals surface area contributed by atoms with Gasteiger partial charge in [-0.3, -0.25) is 9.20 Å². The fourth-order valence-corrected chi connectivity index (χ4v) is 3.00. The molecule has 1 N–H and O–H groups in total. The van der Waals surface area contributed by atoms with Gasteiger partial charge in [-0.05, 0) is 30.7 Å². The molecule has 0 aliphatic rings. The summed E-state index contributed by atoms with van der Waals surface area (Å²) >= 11 is 0. The molecular weight excluding hydrogens is 356 g/mol. The van der Waals surface area contributed by atoms with E-state index in [2.05, 4.69) is 20.6 Å². The average Bonchev–Trinajstić information content (AvgIpc) is 3.39. The Hall–Kier alpha value is -3.68. The van der Waals surface area contributed by atoms with E-state index in [1.54, 1.807) is 24.2 Å². The molecule has 28 heavy (non-hydrogen) atoms. The Morgan fingerprint density at radius 1 is 1.14 bits per heavy atom. The number of carbonyl (C=O) groups excluding carboxylic acids is 1. The van der Waals surface area contributed by atoms with Crippen molar-refractivity contribution in [3.8, 4) is 11.4 Å². The van der Waals surface area contributed by atoms with Gasteiger partial charge in [-0.2, -0.15) is 5.10 Å². The molecule has 0 atom stereocenters. The third-order valence-corrected chi connectivity index (χ3v) is 4.42. The van der Waals surface area contributed by atoms with Gasteiger partial charge in [-0.15, -0.1) is 10.2 Å². The van der Waals surface area contributed by atoms with Crippen LogP contribution in [-0.4, -0.2) is 43.9 Å². The number of aryl methyl sites for hydroxylation is 1. The predicted molar refractivity (Wildman–Crippen MR) is 104 cm³/mol. The van der Waals surface area contributed by atoms with Gasteiger partial charge in [0, 0.05) is 25.4 Å². The summed E-state index contributed by atoms with van der Waals surface area (Å²) in [6.45, 7) is 0.542. The van der Waals surface area contributed by atoms with Crippen LogP contribution in [0, 0.1) is 0 Å². The summed E-state index contributed by atoms with van der Waals surface area (Å²) in [7, 11) is 1.61. The molecular formula is C20H20N6O2. The van der Waals surface area contributed by atoms with Crippen LogP contribution in [0.5, 0.6) is 5.75 Å². The van der Waals surface area contributed by atoms with Gasteiger partial charge in [0.05, 0.1) is 18.9 Å². The van der Waals surface area contributed by atoms with Crippen LogP contribution in [0.25, 0.3) is 11.3 Å². The normalized spacial score (nSPS) is 10.9. The first-order chi connectivity index (χ1) is 13.8. The van der Waals surface area contributed by atoms with E-state index in [9.17, 15) is 4.79 Å². The number of aromatic nitrogens is 5. The quantitative estimate of drug-likeness (QED) is 0.500. The van der Waals surface area contributed by atoms with Crippen LogP contribution in [0.4, 0.5) is 0 Å². The molecule has 0 spiro atoms. The van der Waals surface area contributed by atoms with Crippen molar-refractivity contribution in [3.63, 3.8) is 0 Å². The van der Waals surface area contributed by atoms with Crippen LogP contribution in [-0.2, 0) is 6.42 Å². The van der Waals surface area contributed by atoms with Gasteiger partial charge in [-0.25, -0.2) is 4.68 Å². The summed E-state index contributed by atoms with van der Waals surface area (Å²) in [5.41, 5.74) is 2.10. The maximum atomic E-state index is 12.4. The van der Waals surface area contributed by atoms with Gasteiger partial charge in [-0.1, -0.05) is 18.2 Å². The highest BCUT2D eigenvalue weighted by atomic mass is 16.5. The van der Waals surface area contributed by atoms with E-state index < -0.39 is 0 Å². The van der Waals surface area contributed by atoms with Crippen LogP contribution in [0.2, 0.25) is 0 Å². The lowest BCUT2D eigenvalue weighted by Crippen LogP contribution is -2.24. The smallest absolute Gasteiger partial charge is 0.254 e. The summed E-state index contributed by atoms with van der Waals surface area (Å²) in [6, 6.07) is 13.3. The summed E-state index contributed by atoms with van der Waals surface area (Å²) in [5, 5.41) is 15.5. The van der Waals surface area contributed by atoms with Gasteiger partial charge in [0.15, 0.2) is 5.65 Å². The fraction of sp³-hybridized carbons (Fsp3) is 0.200. The zero-order valence-corrected chi connectivity index (χ0v) is 15.4. The number of nitrogens with one attached hydrogen (secondary N) is 1. The molecule has 4 aromatic rings. The molecule has 0 aliphatic heterocycles. The van der Waals surface area contributed by atoms with E-state index in [0.717, 1.165) is 30.0 Å². The van der Waals surface area contributed by atoms with Gasteiger partial charge in [0.2, 0.25) is 0 Å².